The Morgan fingerprint density at radius 2 is 2.06 bits per heavy atom. The summed E-state index contributed by atoms with van der Waals surface area (Å²) in [4.78, 5) is 0. The van der Waals surface area contributed by atoms with Crippen molar-refractivity contribution in [3.8, 4) is 0 Å². The molecule has 2 rings (SSSR count). The molecular weight excluding hydrogens is 232 g/mol. The highest BCUT2D eigenvalue weighted by Crippen LogP contribution is 2.30. The predicted molar refractivity (Wildman–Crippen MR) is 75.7 cm³/mol. The number of anilines is 2. The number of aryl methyl sites for hydroxylation is 1. The van der Waals surface area contributed by atoms with Crippen molar-refractivity contribution in [2.75, 3.05) is 22.6 Å². The first kappa shape index (κ1) is 12.6. The van der Waals surface area contributed by atoms with Gasteiger partial charge in [0.1, 0.15) is 5.82 Å². The lowest BCUT2D eigenvalue weighted by Gasteiger charge is -2.23. The van der Waals surface area contributed by atoms with Gasteiger partial charge < -0.3 is 11.1 Å². The zero-order valence-electron chi connectivity index (χ0n) is 10.9. The molecule has 1 fully saturated rings. The van der Waals surface area contributed by atoms with Crippen molar-refractivity contribution in [1.82, 2.24) is 9.78 Å². The van der Waals surface area contributed by atoms with Crippen LogP contribution in [0.1, 0.15) is 38.3 Å². The average molecular weight is 254 g/mol. The first-order valence-electron chi connectivity index (χ1n) is 6.26. The molecule has 0 radical (unpaired) electrons. The summed E-state index contributed by atoms with van der Waals surface area (Å²) in [5.74, 6) is 3.85. The minimum atomic E-state index is 0.374. The fourth-order valence-electron chi connectivity index (χ4n) is 2.19. The van der Waals surface area contributed by atoms with Crippen LogP contribution in [0.25, 0.3) is 0 Å². The Morgan fingerprint density at radius 3 is 2.59 bits per heavy atom. The second-order valence-electron chi connectivity index (χ2n) is 4.96. The maximum Gasteiger partial charge on any atom is 0.148 e. The van der Waals surface area contributed by atoms with E-state index >= 15 is 0 Å². The van der Waals surface area contributed by atoms with Gasteiger partial charge in [-0.15, -0.1) is 0 Å². The Labute approximate surface area is 107 Å². The van der Waals surface area contributed by atoms with Gasteiger partial charge in [-0.2, -0.15) is 16.9 Å². The van der Waals surface area contributed by atoms with Gasteiger partial charge in [-0.3, -0.25) is 4.68 Å². The molecule has 0 aromatic carbocycles. The van der Waals surface area contributed by atoms with Gasteiger partial charge in [0.25, 0.3) is 0 Å². The van der Waals surface area contributed by atoms with Gasteiger partial charge in [-0.1, -0.05) is 13.8 Å². The molecule has 1 aromatic heterocycles. The number of rotatable bonds is 3. The predicted octanol–water partition coefficient (Wildman–Crippen LogP) is 2.43. The van der Waals surface area contributed by atoms with E-state index in [1.807, 2.05) is 23.5 Å². The van der Waals surface area contributed by atoms with Crippen LogP contribution in [-0.4, -0.2) is 27.3 Å². The number of hydrogen-bond acceptors (Lipinski definition) is 4. The molecule has 0 saturated carbocycles. The fourth-order valence-corrected chi connectivity index (χ4v) is 3.30. The molecule has 2 heterocycles. The van der Waals surface area contributed by atoms with Crippen LogP contribution >= 0.6 is 11.8 Å². The summed E-state index contributed by atoms with van der Waals surface area (Å²) < 4.78 is 1.88. The number of nitrogens with zero attached hydrogens (tertiary/aromatic N) is 2. The number of nitrogen functional groups attached to an aromatic ring is 1. The Kier molecular flexibility index (Phi) is 3.86. The zero-order valence-corrected chi connectivity index (χ0v) is 11.7. The van der Waals surface area contributed by atoms with Gasteiger partial charge in [0.2, 0.25) is 0 Å². The van der Waals surface area contributed by atoms with Crippen LogP contribution in [0, 0.1) is 0 Å². The quantitative estimate of drug-likeness (QED) is 0.870. The van der Waals surface area contributed by atoms with E-state index in [4.69, 9.17) is 5.73 Å². The number of aromatic nitrogens is 2. The Balaban J connectivity index is 2.14. The van der Waals surface area contributed by atoms with Crippen molar-refractivity contribution < 1.29 is 0 Å². The van der Waals surface area contributed by atoms with E-state index < -0.39 is 0 Å². The van der Waals surface area contributed by atoms with Gasteiger partial charge in [0, 0.05) is 13.1 Å². The van der Waals surface area contributed by atoms with Crippen molar-refractivity contribution >= 4 is 23.3 Å². The second-order valence-corrected chi connectivity index (χ2v) is 6.18. The van der Waals surface area contributed by atoms with E-state index in [1.165, 1.54) is 24.3 Å². The molecule has 0 amide bonds. The van der Waals surface area contributed by atoms with Gasteiger partial charge in [-0.25, -0.2) is 0 Å². The first-order valence-corrected chi connectivity index (χ1v) is 7.41. The summed E-state index contributed by atoms with van der Waals surface area (Å²) in [6.45, 7) is 4.25. The van der Waals surface area contributed by atoms with Gasteiger partial charge >= 0.3 is 0 Å². The van der Waals surface area contributed by atoms with Crippen LogP contribution in [0.3, 0.4) is 0 Å². The molecule has 0 unspecified atom stereocenters. The van der Waals surface area contributed by atoms with Crippen LogP contribution in [0.4, 0.5) is 11.5 Å². The molecule has 0 bridgehead atoms. The average Bonchev–Trinajstić information content (AvgIpc) is 2.58. The SMILES string of the molecule is CC(C)c1nn(C)c(NC2CCSCC2)c1N. The van der Waals surface area contributed by atoms with Crippen molar-refractivity contribution in [2.45, 2.75) is 38.6 Å². The van der Waals surface area contributed by atoms with E-state index in [0.29, 0.717) is 12.0 Å². The summed E-state index contributed by atoms with van der Waals surface area (Å²) in [5, 5.41) is 8.05. The highest BCUT2D eigenvalue weighted by Gasteiger charge is 2.20. The van der Waals surface area contributed by atoms with E-state index in [9.17, 15) is 0 Å². The summed E-state index contributed by atoms with van der Waals surface area (Å²) in [5.41, 5.74) is 7.99. The van der Waals surface area contributed by atoms with Crippen LogP contribution in [0.2, 0.25) is 0 Å². The van der Waals surface area contributed by atoms with Crippen LogP contribution in [-0.2, 0) is 7.05 Å². The van der Waals surface area contributed by atoms with E-state index in [0.717, 1.165) is 17.2 Å². The number of hydrogen-bond donors (Lipinski definition) is 2. The number of nitrogens with one attached hydrogen (secondary N) is 1. The lowest BCUT2D eigenvalue weighted by Crippen LogP contribution is -2.26. The van der Waals surface area contributed by atoms with Crippen molar-refractivity contribution in [3.05, 3.63) is 5.69 Å². The smallest absolute Gasteiger partial charge is 0.148 e. The van der Waals surface area contributed by atoms with E-state index in [-0.39, 0.29) is 0 Å². The van der Waals surface area contributed by atoms with Crippen LogP contribution in [0.15, 0.2) is 0 Å². The number of nitrogens with two attached hydrogens (primary N) is 1. The number of thioether (sulfide) groups is 1. The fraction of sp³-hybridized carbons (Fsp3) is 0.750. The minimum absolute atomic E-state index is 0.374. The second kappa shape index (κ2) is 5.21. The Morgan fingerprint density at radius 1 is 1.41 bits per heavy atom. The monoisotopic (exact) mass is 254 g/mol. The van der Waals surface area contributed by atoms with Gasteiger partial charge in [0.15, 0.2) is 0 Å². The molecule has 1 aromatic rings. The van der Waals surface area contributed by atoms with Crippen molar-refractivity contribution in [3.63, 3.8) is 0 Å². The molecule has 0 atom stereocenters. The molecule has 96 valence electrons. The molecule has 4 nitrogen and oxygen atoms in total. The first-order chi connectivity index (χ1) is 8.09. The van der Waals surface area contributed by atoms with Crippen molar-refractivity contribution in [2.24, 2.45) is 7.05 Å². The third kappa shape index (κ3) is 2.70. The molecule has 0 aliphatic carbocycles. The lowest BCUT2D eigenvalue weighted by molar-refractivity contribution is 0.646. The van der Waals surface area contributed by atoms with E-state index in [1.54, 1.807) is 0 Å². The third-order valence-electron chi connectivity index (χ3n) is 3.22. The summed E-state index contributed by atoms with van der Waals surface area (Å²) in [6.07, 6.45) is 2.43. The van der Waals surface area contributed by atoms with Gasteiger partial charge in [-0.05, 0) is 30.3 Å². The van der Waals surface area contributed by atoms with E-state index in [2.05, 4.69) is 24.3 Å². The molecular formula is C12H22N4S. The standard InChI is InChI=1S/C12H22N4S/c1-8(2)11-10(13)12(16(3)15-11)14-9-4-6-17-7-5-9/h8-9,14H,4-7,13H2,1-3H3. The Hall–Kier alpha value is -0.840. The maximum atomic E-state index is 6.17. The molecule has 3 N–H and O–H groups in total. The Bertz CT molecular complexity index is 380. The van der Waals surface area contributed by atoms with Crippen molar-refractivity contribution in [1.29, 1.82) is 0 Å². The molecule has 0 spiro atoms. The molecule has 1 aliphatic rings. The summed E-state index contributed by atoms with van der Waals surface area (Å²) in [7, 11) is 1.96. The summed E-state index contributed by atoms with van der Waals surface area (Å²) in [6, 6.07) is 0.550. The molecule has 1 aliphatic heterocycles. The highest BCUT2D eigenvalue weighted by molar-refractivity contribution is 7.99. The molecule has 5 heteroatoms. The lowest BCUT2D eigenvalue weighted by atomic mass is 10.1. The largest absolute Gasteiger partial charge is 0.394 e. The maximum absolute atomic E-state index is 6.17. The van der Waals surface area contributed by atoms with Crippen LogP contribution in [0.5, 0.6) is 0 Å². The summed E-state index contributed by atoms with van der Waals surface area (Å²) >= 11 is 2.03. The van der Waals surface area contributed by atoms with Crippen LogP contribution < -0.4 is 11.1 Å². The normalized spacial score (nSPS) is 17.6. The highest BCUT2D eigenvalue weighted by atomic mass is 32.2. The topological polar surface area (TPSA) is 55.9 Å². The van der Waals surface area contributed by atoms with Gasteiger partial charge in [0.05, 0.1) is 11.4 Å². The zero-order chi connectivity index (χ0) is 12.4. The molecule has 1 saturated heterocycles. The minimum Gasteiger partial charge on any atom is -0.394 e. The third-order valence-corrected chi connectivity index (χ3v) is 4.27. The molecule has 17 heavy (non-hydrogen) atoms.